The minimum absolute atomic E-state index is 0.246. The van der Waals surface area contributed by atoms with Crippen molar-refractivity contribution in [2.24, 2.45) is 0 Å². The molecule has 1 aromatic rings. The summed E-state index contributed by atoms with van der Waals surface area (Å²) in [5.41, 5.74) is 0.656. The van der Waals surface area contributed by atoms with Crippen LogP contribution in [0.5, 0.6) is 0 Å². The van der Waals surface area contributed by atoms with E-state index in [1.165, 1.54) is 18.9 Å². The van der Waals surface area contributed by atoms with E-state index in [0.717, 1.165) is 26.0 Å². The largest absolute Gasteiger partial charge is 0.378 e. The molecule has 1 unspecified atom stereocenters. The fraction of sp³-hybridized carbons (Fsp3) is 0.571. The second kappa shape index (κ2) is 7.07. The van der Waals surface area contributed by atoms with Crippen molar-refractivity contribution in [2.75, 3.05) is 13.2 Å². The normalized spacial score (nSPS) is 20.0. The number of halogens is 2. The molecule has 2 nitrogen and oxygen atoms in total. The lowest BCUT2D eigenvalue weighted by Crippen LogP contribution is -2.25. The highest BCUT2D eigenvalue weighted by Gasteiger charge is 2.12. The molecule has 2 rings (SSSR count). The molecular formula is C14H19ClFNO. The Morgan fingerprint density at radius 2 is 2.28 bits per heavy atom. The maximum absolute atomic E-state index is 13.5. The third kappa shape index (κ3) is 4.23. The van der Waals surface area contributed by atoms with Crippen LogP contribution in [0, 0.1) is 5.82 Å². The highest BCUT2D eigenvalue weighted by Crippen LogP contribution is 2.16. The van der Waals surface area contributed by atoms with E-state index >= 15 is 0 Å². The predicted octanol–water partition coefficient (Wildman–Crippen LogP) is 3.53. The van der Waals surface area contributed by atoms with E-state index in [2.05, 4.69) is 5.32 Å². The Morgan fingerprint density at radius 1 is 1.39 bits per heavy atom. The van der Waals surface area contributed by atoms with Gasteiger partial charge < -0.3 is 10.1 Å². The Kier molecular flexibility index (Phi) is 5.42. The molecule has 1 aromatic carbocycles. The predicted molar refractivity (Wildman–Crippen MR) is 71.3 cm³/mol. The van der Waals surface area contributed by atoms with Gasteiger partial charge in [0.1, 0.15) is 5.82 Å². The highest BCUT2D eigenvalue weighted by molar-refractivity contribution is 6.30. The summed E-state index contributed by atoms with van der Waals surface area (Å²) in [6.45, 7) is 2.28. The van der Waals surface area contributed by atoms with Crippen LogP contribution < -0.4 is 5.32 Å². The van der Waals surface area contributed by atoms with E-state index in [4.69, 9.17) is 16.3 Å². The average molecular weight is 272 g/mol. The van der Waals surface area contributed by atoms with Crippen LogP contribution in [-0.2, 0) is 11.3 Å². The molecule has 0 aromatic heterocycles. The summed E-state index contributed by atoms with van der Waals surface area (Å²) in [6.07, 6.45) is 4.96. The molecule has 0 bridgehead atoms. The van der Waals surface area contributed by atoms with Gasteiger partial charge in [0.25, 0.3) is 0 Å². The molecule has 0 aliphatic carbocycles. The van der Waals surface area contributed by atoms with Gasteiger partial charge in [0.2, 0.25) is 0 Å². The summed E-state index contributed by atoms with van der Waals surface area (Å²) in [5, 5.41) is 3.68. The first-order valence-corrected chi connectivity index (χ1v) is 6.90. The van der Waals surface area contributed by atoms with Gasteiger partial charge >= 0.3 is 0 Å². The average Bonchev–Trinajstić information content (AvgIpc) is 2.38. The molecule has 1 aliphatic heterocycles. The second-order valence-corrected chi connectivity index (χ2v) is 5.13. The van der Waals surface area contributed by atoms with Crippen LogP contribution in [0.15, 0.2) is 18.2 Å². The first-order valence-electron chi connectivity index (χ1n) is 6.52. The van der Waals surface area contributed by atoms with E-state index in [9.17, 15) is 4.39 Å². The lowest BCUT2D eigenvalue weighted by atomic mass is 10.1. The van der Waals surface area contributed by atoms with Crippen molar-refractivity contribution in [1.29, 1.82) is 0 Å². The fourth-order valence-corrected chi connectivity index (χ4v) is 2.35. The number of ether oxygens (including phenoxy) is 1. The first-order chi connectivity index (χ1) is 8.75. The fourth-order valence-electron chi connectivity index (χ4n) is 2.19. The van der Waals surface area contributed by atoms with Gasteiger partial charge in [-0.2, -0.15) is 0 Å². The van der Waals surface area contributed by atoms with E-state index in [1.54, 1.807) is 12.1 Å². The number of hydrogen-bond acceptors (Lipinski definition) is 2. The van der Waals surface area contributed by atoms with Crippen molar-refractivity contribution in [3.8, 4) is 0 Å². The number of hydrogen-bond donors (Lipinski definition) is 1. The lowest BCUT2D eigenvalue weighted by molar-refractivity contribution is 0.0115. The summed E-state index contributed by atoms with van der Waals surface area (Å²) in [7, 11) is 0. The van der Waals surface area contributed by atoms with Crippen LogP contribution in [0.25, 0.3) is 0 Å². The van der Waals surface area contributed by atoms with Crippen molar-refractivity contribution in [3.63, 3.8) is 0 Å². The number of benzene rings is 1. The van der Waals surface area contributed by atoms with E-state index in [1.807, 2.05) is 0 Å². The first kappa shape index (κ1) is 13.8. The molecule has 1 fully saturated rings. The molecule has 1 saturated heterocycles. The topological polar surface area (TPSA) is 21.3 Å². The summed E-state index contributed by atoms with van der Waals surface area (Å²) >= 11 is 5.70. The zero-order valence-electron chi connectivity index (χ0n) is 10.4. The van der Waals surface area contributed by atoms with Gasteiger partial charge in [0, 0.05) is 23.7 Å². The van der Waals surface area contributed by atoms with Crippen LogP contribution in [0.1, 0.15) is 31.2 Å². The molecule has 0 spiro atoms. The number of rotatable bonds is 5. The molecule has 0 amide bonds. The highest BCUT2D eigenvalue weighted by atomic mass is 35.5. The molecule has 0 radical (unpaired) electrons. The Balaban J connectivity index is 1.68. The Hall–Kier alpha value is -0.640. The third-order valence-corrected chi connectivity index (χ3v) is 3.48. The smallest absolute Gasteiger partial charge is 0.129 e. The maximum atomic E-state index is 13.5. The van der Waals surface area contributed by atoms with Gasteiger partial charge in [-0.25, -0.2) is 4.39 Å². The summed E-state index contributed by atoms with van der Waals surface area (Å²) in [5.74, 6) is -0.246. The molecule has 1 aliphatic rings. The standard InChI is InChI=1S/C14H19ClFNO/c15-12-5-4-11(14(16)9-12)10-17-7-6-13-3-1-2-8-18-13/h4-5,9,13,17H,1-3,6-8,10H2. The van der Waals surface area contributed by atoms with E-state index < -0.39 is 0 Å². The van der Waals surface area contributed by atoms with Crippen LogP contribution in [0.3, 0.4) is 0 Å². The van der Waals surface area contributed by atoms with Crippen molar-refractivity contribution in [1.82, 2.24) is 5.32 Å². The Labute approximate surface area is 112 Å². The van der Waals surface area contributed by atoms with Gasteiger partial charge in [-0.15, -0.1) is 0 Å². The van der Waals surface area contributed by atoms with Crippen LogP contribution in [0.4, 0.5) is 4.39 Å². The van der Waals surface area contributed by atoms with E-state index in [-0.39, 0.29) is 5.82 Å². The third-order valence-electron chi connectivity index (χ3n) is 3.25. The summed E-state index contributed by atoms with van der Waals surface area (Å²) in [4.78, 5) is 0. The van der Waals surface area contributed by atoms with Crippen molar-refractivity contribution >= 4 is 11.6 Å². The molecule has 100 valence electrons. The molecule has 1 N–H and O–H groups in total. The lowest BCUT2D eigenvalue weighted by Gasteiger charge is -2.22. The molecule has 1 heterocycles. The van der Waals surface area contributed by atoms with Gasteiger partial charge in [0.05, 0.1) is 6.10 Å². The van der Waals surface area contributed by atoms with Crippen LogP contribution in [0.2, 0.25) is 5.02 Å². The van der Waals surface area contributed by atoms with Gasteiger partial charge in [-0.05, 0) is 44.4 Å². The molecule has 0 saturated carbocycles. The minimum Gasteiger partial charge on any atom is -0.378 e. The van der Waals surface area contributed by atoms with Gasteiger partial charge in [0.15, 0.2) is 0 Å². The van der Waals surface area contributed by atoms with Crippen molar-refractivity contribution in [3.05, 3.63) is 34.6 Å². The molecule has 1 atom stereocenters. The van der Waals surface area contributed by atoms with Crippen LogP contribution >= 0.6 is 11.6 Å². The minimum atomic E-state index is -0.246. The Bertz CT molecular complexity index is 380. The summed E-state index contributed by atoms with van der Waals surface area (Å²) < 4.78 is 19.1. The van der Waals surface area contributed by atoms with Gasteiger partial charge in [-0.1, -0.05) is 17.7 Å². The number of nitrogens with one attached hydrogen (secondary N) is 1. The Morgan fingerprint density at radius 3 is 3.00 bits per heavy atom. The molecule has 18 heavy (non-hydrogen) atoms. The van der Waals surface area contributed by atoms with Crippen LogP contribution in [-0.4, -0.2) is 19.3 Å². The van der Waals surface area contributed by atoms with Crippen molar-refractivity contribution in [2.45, 2.75) is 38.3 Å². The second-order valence-electron chi connectivity index (χ2n) is 4.69. The van der Waals surface area contributed by atoms with Crippen molar-refractivity contribution < 1.29 is 9.13 Å². The molecular weight excluding hydrogens is 253 g/mol. The maximum Gasteiger partial charge on any atom is 0.129 e. The zero-order chi connectivity index (χ0) is 12.8. The molecule has 4 heteroatoms. The SMILES string of the molecule is Fc1cc(Cl)ccc1CNCCC1CCCCO1. The van der Waals surface area contributed by atoms with E-state index in [0.29, 0.717) is 23.2 Å². The summed E-state index contributed by atoms with van der Waals surface area (Å²) in [6, 6.07) is 4.79. The zero-order valence-corrected chi connectivity index (χ0v) is 11.2. The monoisotopic (exact) mass is 271 g/mol. The quantitative estimate of drug-likeness (QED) is 0.828. The van der Waals surface area contributed by atoms with Gasteiger partial charge in [-0.3, -0.25) is 0 Å².